The molecule has 102 valence electrons. The minimum Gasteiger partial charge on any atom is -0.387 e. The van der Waals surface area contributed by atoms with Crippen molar-refractivity contribution < 1.29 is 22.3 Å². The highest BCUT2D eigenvalue weighted by Gasteiger charge is 2.19. The van der Waals surface area contributed by atoms with Gasteiger partial charge >= 0.3 is 0 Å². The number of hydrogen-bond donors (Lipinski definition) is 2. The van der Waals surface area contributed by atoms with Gasteiger partial charge in [-0.15, -0.1) is 0 Å². The van der Waals surface area contributed by atoms with Crippen molar-refractivity contribution in [1.29, 1.82) is 0 Å². The van der Waals surface area contributed by atoms with E-state index in [9.17, 15) is 22.3 Å². The van der Waals surface area contributed by atoms with Gasteiger partial charge in [0.15, 0.2) is 0 Å². The summed E-state index contributed by atoms with van der Waals surface area (Å²) in [6.45, 7) is 1.23. The van der Waals surface area contributed by atoms with E-state index in [4.69, 9.17) is 0 Å². The summed E-state index contributed by atoms with van der Waals surface area (Å²) >= 11 is 0. The van der Waals surface area contributed by atoms with Crippen LogP contribution in [0.5, 0.6) is 0 Å². The Morgan fingerprint density at radius 2 is 1.89 bits per heavy atom. The highest BCUT2D eigenvalue weighted by atomic mass is 32.2. The SMILES string of the molecule is CCCS(=O)(=O)NCC(O)c1c(F)cccc1F. The fourth-order valence-corrected chi connectivity index (χ4v) is 2.57. The predicted molar refractivity (Wildman–Crippen MR) is 63.4 cm³/mol. The lowest BCUT2D eigenvalue weighted by molar-refractivity contribution is 0.172. The van der Waals surface area contributed by atoms with Gasteiger partial charge in [-0.2, -0.15) is 0 Å². The quantitative estimate of drug-likeness (QED) is 0.825. The Labute approximate surface area is 105 Å². The lowest BCUT2D eigenvalue weighted by Crippen LogP contribution is -2.31. The lowest BCUT2D eigenvalue weighted by Gasteiger charge is -2.13. The fourth-order valence-electron chi connectivity index (χ4n) is 1.48. The molecule has 0 amide bonds. The molecule has 0 saturated carbocycles. The summed E-state index contributed by atoms with van der Waals surface area (Å²) in [6.07, 6.45) is -1.14. The van der Waals surface area contributed by atoms with Gasteiger partial charge in [0.25, 0.3) is 0 Å². The van der Waals surface area contributed by atoms with Crippen LogP contribution < -0.4 is 4.72 Å². The molecule has 0 heterocycles. The van der Waals surface area contributed by atoms with Crippen molar-refractivity contribution in [2.75, 3.05) is 12.3 Å². The smallest absolute Gasteiger partial charge is 0.211 e. The molecule has 0 bridgehead atoms. The van der Waals surface area contributed by atoms with Crippen LogP contribution in [-0.2, 0) is 10.0 Å². The van der Waals surface area contributed by atoms with E-state index in [0.717, 1.165) is 12.1 Å². The molecule has 1 rings (SSSR count). The third-order valence-electron chi connectivity index (χ3n) is 2.30. The summed E-state index contributed by atoms with van der Waals surface area (Å²) in [5.41, 5.74) is -0.531. The maximum atomic E-state index is 13.3. The van der Waals surface area contributed by atoms with Crippen LogP contribution >= 0.6 is 0 Å². The number of aliphatic hydroxyl groups is 1. The first-order valence-corrected chi connectivity index (χ1v) is 7.12. The van der Waals surface area contributed by atoms with E-state index in [1.807, 2.05) is 0 Å². The standard InChI is InChI=1S/C11H15F2NO3S/c1-2-6-18(16,17)14-7-10(15)11-8(12)4-3-5-9(11)13/h3-5,10,14-15H,2,6-7H2,1H3. The summed E-state index contributed by atoms with van der Waals surface area (Å²) in [5.74, 6) is -1.91. The summed E-state index contributed by atoms with van der Waals surface area (Å²) in [4.78, 5) is 0. The van der Waals surface area contributed by atoms with Gasteiger partial charge in [0.05, 0.1) is 17.4 Å². The van der Waals surface area contributed by atoms with Crippen LogP contribution in [0.2, 0.25) is 0 Å². The summed E-state index contributed by atoms with van der Waals surface area (Å²) in [5, 5.41) is 9.61. The van der Waals surface area contributed by atoms with Crippen LogP contribution in [0.15, 0.2) is 18.2 Å². The van der Waals surface area contributed by atoms with Crippen molar-refractivity contribution in [3.63, 3.8) is 0 Å². The largest absolute Gasteiger partial charge is 0.387 e. The highest BCUT2D eigenvalue weighted by molar-refractivity contribution is 7.89. The Hall–Kier alpha value is -1.05. The molecule has 0 aliphatic rings. The van der Waals surface area contributed by atoms with E-state index in [0.29, 0.717) is 6.42 Å². The van der Waals surface area contributed by atoms with Gasteiger partial charge in [0.1, 0.15) is 11.6 Å². The lowest BCUT2D eigenvalue weighted by atomic mass is 10.1. The average molecular weight is 279 g/mol. The molecule has 0 aliphatic carbocycles. The molecule has 18 heavy (non-hydrogen) atoms. The second kappa shape index (κ2) is 6.21. The van der Waals surface area contributed by atoms with E-state index in [-0.39, 0.29) is 5.75 Å². The molecular weight excluding hydrogens is 264 g/mol. The summed E-state index contributed by atoms with van der Waals surface area (Å²) in [7, 11) is -3.52. The first-order chi connectivity index (χ1) is 8.37. The maximum Gasteiger partial charge on any atom is 0.211 e. The van der Waals surface area contributed by atoms with Gasteiger partial charge in [-0.05, 0) is 18.6 Å². The van der Waals surface area contributed by atoms with E-state index in [1.165, 1.54) is 6.07 Å². The molecule has 7 heteroatoms. The van der Waals surface area contributed by atoms with Crippen molar-refractivity contribution in [2.24, 2.45) is 0 Å². The number of aliphatic hydroxyl groups excluding tert-OH is 1. The Kier molecular flexibility index (Phi) is 5.18. The summed E-state index contributed by atoms with van der Waals surface area (Å²) < 4.78 is 51.3. The van der Waals surface area contributed by atoms with E-state index in [1.54, 1.807) is 6.92 Å². The van der Waals surface area contributed by atoms with Gasteiger partial charge < -0.3 is 5.11 Å². The molecule has 0 saturated heterocycles. The minimum atomic E-state index is -3.52. The number of halogens is 2. The van der Waals surface area contributed by atoms with Crippen LogP contribution in [0.25, 0.3) is 0 Å². The molecule has 1 aromatic carbocycles. The van der Waals surface area contributed by atoms with E-state index in [2.05, 4.69) is 4.72 Å². The zero-order chi connectivity index (χ0) is 13.8. The van der Waals surface area contributed by atoms with Gasteiger partial charge in [0.2, 0.25) is 10.0 Å². The number of sulfonamides is 1. The molecule has 4 nitrogen and oxygen atoms in total. The van der Waals surface area contributed by atoms with Crippen molar-refractivity contribution in [1.82, 2.24) is 4.72 Å². The Balaban J connectivity index is 2.75. The molecule has 0 aliphatic heterocycles. The molecule has 1 unspecified atom stereocenters. The maximum absolute atomic E-state index is 13.3. The molecular formula is C11H15F2NO3S. The van der Waals surface area contributed by atoms with Crippen molar-refractivity contribution in [2.45, 2.75) is 19.4 Å². The van der Waals surface area contributed by atoms with Gasteiger partial charge in [-0.1, -0.05) is 13.0 Å². The monoisotopic (exact) mass is 279 g/mol. The van der Waals surface area contributed by atoms with Crippen LogP contribution in [0, 0.1) is 11.6 Å². The zero-order valence-corrected chi connectivity index (χ0v) is 10.7. The van der Waals surface area contributed by atoms with Crippen molar-refractivity contribution in [3.05, 3.63) is 35.4 Å². The number of benzene rings is 1. The molecule has 1 aromatic rings. The van der Waals surface area contributed by atoms with Gasteiger partial charge in [-0.25, -0.2) is 21.9 Å². The van der Waals surface area contributed by atoms with Crippen LogP contribution in [0.1, 0.15) is 25.0 Å². The van der Waals surface area contributed by atoms with Crippen LogP contribution in [0.3, 0.4) is 0 Å². The van der Waals surface area contributed by atoms with Gasteiger partial charge in [0, 0.05) is 6.54 Å². The Morgan fingerprint density at radius 3 is 2.39 bits per heavy atom. The first kappa shape index (κ1) is 15.0. The second-order valence-corrected chi connectivity index (χ2v) is 5.74. The summed E-state index contributed by atoms with van der Waals surface area (Å²) in [6, 6.07) is 3.17. The highest BCUT2D eigenvalue weighted by Crippen LogP contribution is 2.20. The number of rotatable bonds is 6. The van der Waals surface area contributed by atoms with Crippen molar-refractivity contribution >= 4 is 10.0 Å². The van der Waals surface area contributed by atoms with Gasteiger partial charge in [-0.3, -0.25) is 0 Å². The van der Waals surface area contributed by atoms with Crippen molar-refractivity contribution in [3.8, 4) is 0 Å². The van der Waals surface area contributed by atoms with Crippen LogP contribution in [0.4, 0.5) is 8.78 Å². The molecule has 0 spiro atoms. The number of nitrogens with one attached hydrogen (secondary N) is 1. The first-order valence-electron chi connectivity index (χ1n) is 5.46. The molecule has 0 fully saturated rings. The Morgan fingerprint density at radius 1 is 1.33 bits per heavy atom. The second-order valence-electron chi connectivity index (χ2n) is 3.82. The third-order valence-corrected chi connectivity index (χ3v) is 3.85. The Bertz CT molecular complexity index is 485. The zero-order valence-electron chi connectivity index (χ0n) is 9.86. The number of hydrogen-bond acceptors (Lipinski definition) is 3. The molecule has 2 N–H and O–H groups in total. The van der Waals surface area contributed by atoms with E-state index < -0.39 is 39.9 Å². The third kappa shape index (κ3) is 4.01. The minimum absolute atomic E-state index is 0.0977. The van der Waals surface area contributed by atoms with E-state index >= 15 is 0 Å². The fraction of sp³-hybridized carbons (Fsp3) is 0.455. The predicted octanol–water partition coefficient (Wildman–Crippen LogP) is 1.33. The van der Waals surface area contributed by atoms with Crippen LogP contribution in [-0.4, -0.2) is 25.8 Å². The topological polar surface area (TPSA) is 66.4 Å². The molecule has 1 atom stereocenters. The normalized spacial score (nSPS) is 13.6. The average Bonchev–Trinajstić information content (AvgIpc) is 2.26. The molecule has 0 radical (unpaired) electrons. The molecule has 0 aromatic heterocycles.